The zero-order chi connectivity index (χ0) is 25.3. The predicted molar refractivity (Wildman–Crippen MR) is 128 cm³/mol. The summed E-state index contributed by atoms with van der Waals surface area (Å²) in [5.74, 6) is -3.91. The van der Waals surface area contributed by atoms with E-state index in [1.54, 1.807) is 12.1 Å². The summed E-state index contributed by atoms with van der Waals surface area (Å²) >= 11 is 11.8. The van der Waals surface area contributed by atoms with E-state index in [1.807, 2.05) is 36.4 Å². The van der Waals surface area contributed by atoms with E-state index in [2.05, 4.69) is 21.3 Å². The summed E-state index contributed by atoms with van der Waals surface area (Å²) < 4.78 is 0. The van der Waals surface area contributed by atoms with Crippen molar-refractivity contribution in [2.24, 2.45) is 0 Å². The van der Waals surface area contributed by atoms with E-state index in [0.717, 1.165) is 11.1 Å². The van der Waals surface area contributed by atoms with Gasteiger partial charge in [-0.05, 0) is 35.4 Å². The van der Waals surface area contributed by atoms with Gasteiger partial charge in [0.1, 0.15) is 0 Å². The molecule has 0 unspecified atom stereocenters. The standard InChI is InChI=1S/C20H24Cl2N4O2.C2H2O4/c21-17-5-1-3-15(9-17)11-23-13-19(27)25-7-8-26-20(28)14-24-12-16-4-2-6-18(22)10-16;3-1(4)2(5)6/h1-6,9-10,23-24H,7-8,11-14H2,(H,25,27)(H,26,28);(H,3,4)(H,5,6). The number of rotatable bonds is 11. The molecule has 12 heteroatoms. The van der Waals surface area contributed by atoms with E-state index >= 15 is 0 Å². The Balaban J connectivity index is 0.000000852. The summed E-state index contributed by atoms with van der Waals surface area (Å²) in [6.07, 6.45) is 0. The third kappa shape index (κ3) is 14.1. The Morgan fingerprint density at radius 1 is 0.676 bits per heavy atom. The predicted octanol–water partition coefficient (Wildman–Crippen LogP) is 1.26. The lowest BCUT2D eigenvalue weighted by Gasteiger charge is -2.09. The molecule has 0 aliphatic carbocycles. The van der Waals surface area contributed by atoms with Gasteiger partial charge in [-0.15, -0.1) is 0 Å². The number of carbonyl (C=O) groups excluding carboxylic acids is 2. The van der Waals surface area contributed by atoms with Crippen LogP contribution < -0.4 is 21.3 Å². The van der Waals surface area contributed by atoms with Gasteiger partial charge in [-0.1, -0.05) is 47.5 Å². The van der Waals surface area contributed by atoms with Crippen LogP contribution in [-0.4, -0.2) is 60.1 Å². The highest BCUT2D eigenvalue weighted by Gasteiger charge is 2.04. The molecule has 0 aliphatic heterocycles. The van der Waals surface area contributed by atoms with E-state index in [1.165, 1.54) is 0 Å². The maximum Gasteiger partial charge on any atom is 0.414 e. The molecule has 2 rings (SSSR count). The molecule has 0 radical (unpaired) electrons. The molecule has 10 nitrogen and oxygen atoms in total. The summed E-state index contributed by atoms with van der Waals surface area (Å²) in [4.78, 5) is 41.7. The molecule has 0 atom stereocenters. The molecule has 0 bridgehead atoms. The molecular formula is C22H26Cl2N4O6. The van der Waals surface area contributed by atoms with Gasteiger partial charge in [0.15, 0.2) is 0 Å². The van der Waals surface area contributed by atoms with Gasteiger partial charge >= 0.3 is 11.9 Å². The van der Waals surface area contributed by atoms with E-state index in [-0.39, 0.29) is 24.9 Å². The fraction of sp³-hybridized carbons (Fsp3) is 0.273. The molecule has 0 saturated heterocycles. The van der Waals surface area contributed by atoms with Crippen molar-refractivity contribution in [1.29, 1.82) is 0 Å². The third-order valence-electron chi connectivity index (χ3n) is 3.96. The van der Waals surface area contributed by atoms with Crippen molar-refractivity contribution in [2.75, 3.05) is 26.2 Å². The molecule has 0 saturated carbocycles. The number of carboxylic acids is 2. The van der Waals surface area contributed by atoms with E-state index in [0.29, 0.717) is 36.2 Å². The molecule has 184 valence electrons. The van der Waals surface area contributed by atoms with Crippen molar-refractivity contribution in [3.8, 4) is 0 Å². The highest BCUT2D eigenvalue weighted by atomic mass is 35.5. The number of hydrogen-bond donors (Lipinski definition) is 6. The summed E-state index contributed by atoms with van der Waals surface area (Å²) in [6, 6.07) is 14.9. The monoisotopic (exact) mass is 512 g/mol. The Hall–Kier alpha value is -3.18. The van der Waals surface area contributed by atoms with Gasteiger partial charge in [0.05, 0.1) is 13.1 Å². The topological polar surface area (TPSA) is 157 Å². The van der Waals surface area contributed by atoms with Crippen LogP contribution in [0.1, 0.15) is 11.1 Å². The van der Waals surface area contributed by atoms with Gasteiger partial charge in [0.2, 0.25) is 11.8 Å². The number of hydrogen-bond acceptors (Lipinski definition) is 6. The molecule has 2 aromatic carbocycles. The van der Waals surface area contributed by atoms with Crippen LogP contribution >= 0.6 is 23.2 Å². The maximum absolute atomic E-state index is 11.8. The van der Waals surface area contributed by atoms with Crippen LogP contribution in [0, 0.1) is 0 Å². The largest absolute Gasteiger partial charge is 0.473 e. The number of benzene rings is 2. The zero-order valence-corrected chi connectivity index (χ0v) is 19.7. The number of aliphatic carboxylic acids is 2. The Morgan fingerprint density at radius 2 is 1.06 bits per heavy atom. The van der Waals surface area contributed by atoms with Crippen LogP contribution in [0.2, 0.25) is 10.0 Å². The molecule has 0 aliphatic rings. The van der Waals surface area contributed by atoms with Gasteiger partial charge in [0, 0.05) is 36.2 Å². The molecule has 6 N–H and O–H groups in total. The minimum absolute atomic E-state index is 0.129. The minimum atomic E-state index is -1.82. The zero-order valence-electron chi connectivity index (χ0n) is 18.1. The molecule has 2 aromatic rings. The smallest absolute Gasteiger partial charge is 0.414 e. The molecular weight excluding hydrogens is 487 g/mol. The Bertz CT molecular complexity index is 896. The molecule has 0 spiro atoms. The first-order valence-corrected chi connectivity index (χ1v) is 10.8. The van der Waals surface area contributed by atoms with Crippen molar-refractivity contribution in [2.45, 2.75) is 13.1 Å². The summed E-state index contributed by atoms with van der Waals surface area (Å²) in [5.41, 5.74) is 2.02. The lowest BCUT2D eigenvalue weighted by atomic mass is 10.2. The average molecular weight is 513 g/mol. The maximum atomic E-state index is 11.8. The van der Waals surface area contributed by atoms with Crippen LogP contribution in [0.5, 0.6) is 0 Å². The first-order valence-electron chi connectivity index (χ1n) is 10.1. The lowest BCUT2D eigenvalue weighted by Crippen LogP contribution is -2.40. The summed E-state index contributed by atoms with van der Waals surface area (Å²) in [7, 11) is 0. The van der Waals surface area contributed by atoms with Crippen LogP contribution in [0.4, 0.5) is 0 Å². The molecule has 0 heterocycles. The van der Waals surface area contributed by atoms with Gasteiger partial charge in [-0.25, -0.2) is 9.59 Å². The van der Waals surface area contributed by atoms with Gasteiger partial charge in [0.25, 0.3) is 0 Å². The molecule has 0 fully saturated rings. The first kappa shape index (κ1) is 28.9. The Labute approximate surface area is 206 Å². The van der Waals surface area contributed by atoms with Crippen LogP contribution in [0.15, 0.2) is 48.5 Å². The summed E-state index contributed by atoms with van der Waals surface area (Å²) in [6.45, 7) is 2.25. The second kappa shape index (κ2) is 16.4. The first-order chi connectivity index (χ1) is 16.2. The van der Waals surface area contributed by atoms with E-state index in [4.69, 9.17) is 43.0 Å². The number of carbonyl (C=O) groups is 4. The van der Waals surface area contributed by atoms with Crippen molar-refractivity contribution in [1.82, 2.24) is 21.3 Å². The third-order valence-corrected chi connectivity index (χ3v) is 4.43. The SMILES string of the molecule is O=C(CNCc1cccc(Cl)c1)NCCNC(=O)CNCc1cccc(Cl)c1.O=C(O)C(=O)O. The minimum Gasteiger partial charge on any atom is -0.473 e. The van der Waals surface area contributed by atoms with Crippen molar-refractivity contribution in [3.05, 3.63) is 69.7 Å². The van der Waals surface area contributed by atoms with Crippen LogP contribution in [-0.2, 0) is 32.3 Å². The average Bonchev–Trinajstić information content (AvgIpc) is 2.77. The Kier molecular flexibility index (Phi) is 13.9. The van der Waals surface area contributed by atoms with Crippen molar-refractivity contribution < 1.29 is 29.4 Å². The fourth-order valence-corrected chi connectivity index (χ4v) is 2.89. The second-order valence-electron chi connectivity index (χ2n) is 6.78. The Morgan fingerprint density at radius 3 is 1.38 bits per heavy atom. The van der Waals surface area contributed by atoms with Crippen LogP contribution in [0.3, 0.4) is 0 Å². The second-order valence-corrected chi connectivity index (χ2v) is 7.65. The van der Waals surface area contributed by atoms with Gasteiger partial charge < -0.3 is 31.5 Å². The fourth-order valence-electron chi connectivity index (χ4n) is 2.46. The lowest BCUT2D eigenvalue weighted by molar-refractivity contribution is -0.159. The normalized spacial score (nSPS) is 9.94. The van der Waals surface area contributed by atoms with Crippen molar-refractivity contribution >= 4 is 47.0 Å². The number of nitrogens with one attached hydrogen (secondary N) is 4. The quantitative estimate of drug-likeness (QED) is 0.194. The number of carboxylic acid groups (broad SMARTS) is 2. The number of halogens is 2. The molecule has 2 amide bonds. The highest BCUT2D eigenvalue weighted by molar-refractivity contribution is 6.30. The van der Waals surface area contributed by atoms with E-state index in [9.17, 15) is 9.59 Å². The molecule has 34 heavy (non-hydrogen) atoms. The van der Waals surface area contributed by atoms with E-state index < -0.39 is 11.9 Å². The molecule has 0 aromatic heterocycles. The van der Waals surface area contributed by atoms with Crippen LogP contribution in [0.25, 0.3) is 0 Å². The van der Waals surface area contributed by atoms with Gasteiger partial charge in [-0.2, -0.15) is 0 Å². The van der Waals surface area contributed by atoms with Gasteiger partial charge in [-0.3, -0.25) is 9.59 Å². The number of amides is 2. The summed E-state index contributed by atoms with van der Waals surface area (Å²) in [5, 5.41) is 27.7. The van der Waals surface area contributed by atoms with Crippen molar-refractivity contribution in [3.63, 3.8) is 0 Å². The highest BCUT2D eigenvalue weighted by Crippen LogP contribution is 2.10.